The third-order valence-corrected chi connectivity index (χ3v) is 3.84. The van der Waals surface area contributed by atoms with Gasteiger partial charge in [-0.25, -0.2) is 9.18 Å². The van der Waals surface area contributed by atoms with Crippen molar-refractivity contribution in [3.05, 3.63) is 34.1 Å². The molecule has 1 aromatic rings. The number of benzene rings is 1. The molecule has 1 atom stereocenters. The Morgan fingerprint density at radius 2 is 2.21 bits per heavy atom. The summed E-state index contributed by atoms with van der Waals surface area (Å²) in [6.07, 6.45) is 1.20. The number of carbonyl (C=O) groups excluding carboxylic acids is 1. The number of carboxylic acids is 1. The average molecular weight is 330 g/mol. The zero-order valence-corrected chi connectivity index (χ0v) is 11.7. The van der Waals surface area contributed by atoms with Crippen molar-refractivity contribution in [3.8, 4) is 0 Å². The molecule has 1 aliphatic heterocycles. The van der Waals surface area contributed by atoms with Crippen LogP contribution in [0.1, 0.15) is 18.4 Å². The van der Waals surface area contributed by atoms with Crippen molar-refractivity contribution < 1.29 is 19.1 Å². The van der Waals surface area contributed by atoms with E-state index in [1.165, 1.54) is 17.0 Å². The Bertz CT molecular complexity index is 521. The van der Waals surface area contributed by atoms with E-state index in [1.54, 1.807) is 6.07 Å². The first-order valence-electron chi connectivity index (χ1n) is 5.95. The maximum atomic E-state index is 13.3. The third kappa shape index (κ3) is 3.12. The number of aliphatic carboxylic acids is 1. The van der Waals surface area contributed by atoms with Gasteiger partial charge in [0.2, 0.25) is 5.91 Å². The zero-order chi connectivity index (χ0) is 14.0. The molecule has 1 fully saturated rings. The monoisotopic (exact) mass is 329 g/mol. The fraction of sp³-hybridized carbons (Fsp3) is 0.385. The maximum absolute atomic E-state index is 13.3. The fourth-order valence-corrected chi connectivity index (χ4v) is 2.49. The quantitative estimate of drug-likeness (QED) is 0.924. The summed E-state index contributed by atoms with van der Waals surface area (Å²) < 4.78 is 13.7. The first kappa shape index (κ1) is 14.0. The molecule has 0 bridgehead atoms. The highest BCUT2D eigenvalue weighted by atomic mass is 79.9. The van der Waals surface area contributed by atoms with E-state index < -0.39 is 17.8 Å². The summed E-state index contributed by atoms with van der Waals surface area (Å²) in [7, 11) is 0. The number of hydrogen-bond donors (Lipinski definition) is 1. The Kier molecular flexibility index (Phi) is 4.19. The van der Waals surface area contributed by atoms with Crippen LogP contribution in [0.4, 0.5) is 4.39 Å². The molecule has 1 heterocycles. The van der Waals surface area contributed by atoms with Gasteiger partial charge in [0, 0.05) is 6.54 Å². The summed E-state index contributed by atoms with van der Waals surface area (Å²) in [6.45, 7) is 0.453. The summed E-state index contributed by atoms with van der Waals surface area (Å²) >= 11 is 3.04. The van der Waals surface area contributed by atoms with E-state index in [4.69, 9.17) is 5.11 Å². The predicted molar refractivity (Wildman–Crippen MR) is 70.2 cm³/mol. The van der Waals surface area contributed by atoms with E-state index in [0.29, 0.717) is 29.4 Å². The number of carboxylic acid groups (broad SMARTS) is 1. The molecule has 102 valence electrons. The lowest BCUT2D eigenvalue weighted by Crippen LogP contribution is -2.41. The molecule has 1 aromatic carbocycles. The van der Waals surface area contributed by atoms with Crippen LogP contribution < -0.4 is 0 Å². The molecule has 0 spiro atoms. The average Bonchev–Trinajstić information content (AvgIpc) is 2.83. The fourth-order valence-electron chi connectivity index (χ4n) is 2.25. The second-order valence-electron chi connectivity index (χ2n) is 4.51. The molecule has 0 radical (unpaired) electrons. The van der Waals surface area contributed by atoms with Crippen molar-refractivity contribution in [1.82, 2.24) is 4.90 Å². The smallest absolute Gasteiger partial charge is 0.326 e. The molecular weight excluding hydrogens is 317 g/mol. The Hall–Kier alpha value is -1.43. The summed E-state index contributed by atoms with van der Waals surface area (Å²) in [5.41, 5.74) is 0.543. The third-order valence-electron chi connectivity index (χ3n) is 3.20. The minimum atomic E-state index is -0.979. The van der Waals surface area contributed by atoms with Crippen molar-refractivity contribution in [2.24, 2.45) is 0 Å². The molecule has 0 aromatic heterocycles. The molecule has 4 nitrogen and oxygen atoms in total. The largest absolute Gasteiger partial charge is 0.480 e. The van der Waals surface area contributed by atoms with Crippen LogP contribution in [0.2, 0.25) is 0 Å². The van der Waals surface area contributed by atoms with Crippen LogP contribution in [-0.2, 0) is 16.0 Å². The van der Waals surface area contributed by atoms with Gasteiger partial charge in [-0.1, -0.05) is 6.07 Å². The molecular formula is C13H13BrFNO3. The summed E-state index contributed by atoms with van der Waals surface area (Å²) in [4.78, 5) is 24.4. The first-order chi connectivity index (χ1) is 8.99. The number of likely N-dealkylation sites (tertiary alicyclic amines) is 1. The van der Waals surface area contributed by atoms with Gasteiger partial charge >= 0.3 is 5.97 Å². The maximum Gasteiger partial charge on any atom is 0.326 e. The summed E-state index contributed by atoms with van der Waals surface area (Å²) in [5, 5.41) is 9.02. The van der Waals surface area contributed by atoms with E-state index in [-0.39, 0.29) is 12.3 Å². The van der Waals surface area contributed by atoms with Crippen LogP contribution in [0, 0.1) is 5.82 Å². The molecule has 6 heteroatoms. The summed E-state index contributed by atoms with van der Waals surface area (Å²) in [6, 6.07) is 3.73. The van der Waals surface area contributed by atoms with Crippen LogP contribution in [-0.4, -0.2) is 34.5 Å². The molecule has 1 amide bonds. The number of nitrogens with zero attached hydrogens (tertiary/aromatic N) is 1. The van der Waals surface area contributed by atoms with Crippen LogP contribution in [0.25, 0.3) is 0 Å². The number of rotatable bonds is 3. The minimum Gasteiger partial charge on any atom is -0.480 e. The normalized spacial score (nSPS) is 18.6. The number of halogens is 2. The van der Waals surface area contributed by atoms with Gasteiger partial charge in [-0.05, 0) is 46.5 Å². The van der Waals surface area contributed by atoms with Gasteiger partial charge < -0.3 is 10.0 Å². The van der Waals surface area contributed by atoms with Gasteiger partial charge in [-0.15, -0.1) is 0 Å². The molecule has 2 rings (SSSR count). The van der Waals surface area contributed by atoms with Gasteiger partial charge in [-0.2, -0.15) is 0 Å². The molecule has 0 aliphatic carbocycles. The minimum absolute atomic E-state index is 0.0218. The lowest BCUT2D eigenvalue weighted by Gasteiger charge is -2.21. The lowest BCUT2D eigenvalue weighted by molar-refractivity contribution is -0.148. The summed E-state index contributed by atoms with van der Waals surface area (Å²) in [5.74, 6) is -1.68. The molecule has 19 heavy (non-hydrogen) atoms. The van der Waals surface area contributed by atoms with Crippen LogP contribution in [0.15, 0.2) is 22.7 Å². The van der Waals surface area contributed by atoms with Gasteiger partial charge in [-0.3, -0.25) is 4.79 Å². The molecule has 1 N–H and O–H groups in total. The Morgan fingerprint density at radius 3 is 2.84 bits per heavy atom. The van der Waals surface area contributed by atoms with Crippen molar-refractivity contribution in [2.75, 3.05) is 6.54 Å². The van der Waals surface area contributed by atoms with E-state index in [0.717, 1.165) is 0 Å². The molecule has 1 aliphatic rings. The van der Waals surface area contributed by atoms with E-state index >= 15 is 0 Å². The first-order valence-corrected chi connectivity index (χ1v) is 6.74. The van der Waals surface area contributed by atoms with Gasteiger partial charge in [0.1, 0.15) is 11.9 Å². The van der Waals surface area contributed by atoms with E-state index in [1.807, 2.05) is 0 Å². The highest BCUT2D eigenvalue weighted by Gasteiger charge is 2.33. The van der Waals surface area contributed by atoms with Crippen LogP contribution in [0.3, 0.4) is 0 Å². The highest BCUT2D eigenvalue weighted by molar-refractivity contribution is 9.10. The second kappa shape index (κ2) is 5.69. The topological polar surface area (TPSA) is 57.6 Å². The second-order valence-corrected chi connectivity index (χ2v) is 5.36. The standard InChI is InChI=1S/C13H13BrFNO3/c14-9-4-3-8(6-10(9)15)7-12(17)16-5-1-2-11(16)13(18)19/h3-4,6,11H,1-2,5,7H2,(H,18,19)/t11-/m0/s1. The molecule has 1 saturated heterocycles. The van der Waals surface area contributed by atoms with Crippen molar-refractivity contribution in [3.63, 3.8) is 0 Å². The Balaban J connectivity index is 2.08. The van der Waals surface area contributed by atoms with Crippen LogP contribution >= 0.6 is 15.9 Å². The predicted octanol–water partition coefficient (Wildman–Crippen LogP) is 2.21. The molecule has 0 unspecified atom stereocenters. The van der Waals surface area contributed by atoms with Crippen molar-refractivity contribution in [2.45, 2.75) is 25.3 Å². The number of amides is 1. The van der Waals surface area contributed by atoms with Crippen molar-refractivity contribution >= 4 is 27.8 Å². The SMILES string of the molecule is O=C(O)[C@@H]1CCCN1C(=O)Cc1ccc(Br)c(F)c1. The number of carbonyl (C=O) groups is 2. The van der Waals surface area contributed by atoms with E-state index in [2.05, 4.69) is 15.9 Å². The van der Waals surface area contributed by atoms with Crippen LogP contribution in [0.5, 0.6) is 0 Å². The molecule has 0 saturated carbocycles. The van der Waals surface area contributed by atoms with Gasteiger partial charge in [0.05, 0.1) is 10.9 Å². The highest BCUT2D eigenvalue weighted by Crippen LogP contribution is 2.20. The van der Waals surface area contributed by atoms with Gasteiger partial charge in [0.25, 0.3) is 0 Å². The Morgan fingerprint density at radius 1 is 1.47 bits per heavy atom. The van der Waals surface area contributed by atoms with Gasteiger partial charge in [0.15, 0.2) is 0 Å². The van der Waals surface area contributed by atoms with E-state index in [9.17, 15) is 14.0 Å². The Labute approximate surface area is 118 Å². The zero-order valence-electron chi connectivity index (χ0n) is 10.1. The number of hydrogen-bond acceptors (Lipinski definition) is 2. The lowest BCUT2D eigenvalue weighted by atomic mass is 10.1. The van der Waals surface area contributed by atoms with Crippen molar-refractivity contribution in [1.29, 1.82) is 0 Å².